The van der Waals surface area contributed by atoms with Crippen molar-refractivity contribution in [3.8, 4) is 0 Å². The van der Waals surface area contributed by atoms with E-state index in [1.54, 1.807) is 0 Å². The van der Waals surface area contributed by atoms with Crippen LogP contribution < -0.4 is 5.32 Å². The topological polar surface area (TPSA) is 169 Å². The van der Waals surface area contributed by atoms with Crippen molar-refractivity contribution < 1.29 is 47.8 Å². The maximum absolute atomic E-state index is 11.8. The number of ether oxygens (including phenoxy) is 1. The van der Waals surface area contributed by atoms with E-state index in [4.69, 9.17) is 9.84 Å². The summed E-state index contributed by atoms with van der Waals surface area (Å²) in [6.07, 6.45) is 18.1. The van der Waals surface area contributed by atoms with Gasteiger partial charge in [-0.3, -0.25) is 18.6 Å². The predicted octanol–water partition coefficient (Wildman–Crippen LogP) is 4.04. The predicted molar refractivity (Wildman–Crippen MR) is 139 cm³/mol. The van der Waals surface area contributed by atoms with Crippen molar-refractivity contribution in [3.63, 3.8) is 0 Å². The molecule has 37 heavy (non-hydrogen) atoms. The number of aliphatic carboxylic acids is 1. The number of phosphoric ester groups is 1. The number of unbranched alkanes of at least 4 members (excludes halogenated alkanes) is 7. The lowest BCUT2D eigenvalue weighted by molar-refractivity contribution is -0.147. The van der Waals surface area contributed by atoms with Gasteiger partial charge >= 0.3 is 19.8 Å². The number of aliphatic hydroxyl groups is 1. The van der Waals surface area contributed by atoms with E-state index in [0.29, 0.717) is 6.42 Å². The minimum Gasteiger partial charge on any atom is -0.480 e. The van der Waals surface area contributed by atoms with Gasteiger partial charge in [0.05, 0.1) is 13.2 Å². The van der Waals surface area contributed by atoms with Gasteiger partial charge in [0, 0.05) is 13.3 Å². The molecule has 0 aromatic heterocycles. The number of hydrogen-bond acceptors (Lipinski definition) is 8. The first-order valence-corrected chi connectivity index (χ1v) is 14.3. The van der Waals surface area contributed by atoms with Crippen LogP contribution in [-0.4, -0.2) is 64.9 Å². The molecule has 4 N–H and O–H groups in total. The zero-order chi connectivity index (χ0) is 27.9. The molecule has 3 unspecified atom stereocenters. The van der Waals surface area contributed by atoms with Gasteiger partial charge in [-0.25, -0.2) is 9.36 Å². The van der Waals surface area contributed by atoms with E-state index < -0.39 is 57.6 Å². The number of allylic oxidation sites excluding steroid dienone is 4. The number of carbonyl (C=O) groups excluding carboxylic acids is 2. The molecule has 3 atom stereocenters. The Morgan fingerprint density at radius 2 is 1.49 bits per heavy atom. The molecule has 0 heterocycles. The highest BCUT2D eigenvalue weighted by Gasteiger charge is 2.28. The van der Waals surface area contributed by atoms with Crippen molar-refractivity contribution in [1.29, 1.82) is 0 Å². The summed E-state index contributed by atoms with van der Waals surface area (Å²) in [7, 11) is -4.70. The largest absolute Gasteiger partial charge is 0.480 e. The summed E-state index contributed by atoms with van der Waals surface area (Å²) >= 11 is 0. The Hall–Kier alpha value is -2.04. The Morgan fingerprint density at radius 1 is 0.892 bits per heavy atom. The quantitative estimate of drug-likeness (QED) is 0.0632. The fraction of sp³-hybridized carbons (Fsp3) is 0.720. The number of phosphoric acid groups is 1. The SMILES string of the molecule is CCCC/C=C\C/C=C\CCCCCCCC(=O)OCC(O)COP(=O)(O)OCC(NC(C)=O)C(=O)O. The summed E-state index contributed by atoms with van der Waals surface area (Å²) in [4.78, 5) is 43.3. The molecular weight excluding hydrogens is 505 g/mol. The number of amides is 1. The van der Waals surface area contributed by atoms with Gasteiger partial charge in [-0.1, -0.05) is 63.3 Å². The van der Waals surface area contributed by atoms with E-state index >= 15 is 0 Å². The number of carbonyl (C=O) groups is 3. The van der Waals surface area contributed by atoms with Gasteiger partial charge in [0.1, 0.15) is 12.7 Å². The highest BCUT2D eigenvalue weighted by atomic mass is 31.2. The highest BCUT2D eigenvalue weighted by Crippen LogP contribution is 2.43. The monoisotopic (exact) mass is 549 g/mol. The third-order valence-electron chi connectivity index (χ3n) is 5.03. The second-order valence-corrected chi connectivity index (χ2v) is 10.1. The lowest BCUT2D eigenvalue weighted by Crippen LogP contribution is -2.42. The fourth-order valence-electron chi connectivity index (χ4n) is 3.01. The maximum Gasteiger partial charge on any atom is 0.472 e. The molecule has 11 nitrogen and oxygen atoms in total. The molecule has 214 valence electrons. The minimum atomic E-state index is -4.70. The van der Waals surface area contributed by atoms with E-state index in [1.165, 1.54) is 12.8 Å². The van der Waals surface area contributed by atoms with Crippen LogP contribution in [0.5, 0.6) is 0 Å². The van der Waals surface area contributed by atoms with Crippen LogP contribution in [0.25, 0.3) is 0 Å². The number of esters is 1. The maximum atomic E-state index is 11.8. The van der Waals surface area contributed by atoms with E-state index in [-0.39, 0.29) is 6.42 Å². The first-order valence-electron chi connectivity index (χ1n) is 12.8. The number of rotatable bonds is 23. The molecule has 0 aliphatic carbocycles. The summed E-state index contributed by atoms with van der Waals surface area (Å²) in [5, 5.41) is 20.8. The third-order valence-corrected chi connectivity index (χ3v) is 5.98. The van der Waals surface area contributed by atoms with Crippen molar-refractivity contribution in [2.75, 3.05) is 19.8 Å². The Morgan fingerprint density at radius 3 is 2.11 bits per heavy atom. The average molecular weight is 550 g/mol. The fourth-order valence-corrected chi connectivity index (χ4v) is 3.78. The molecule has 12 heteroatoms. The van der Waals surface area contributed by atoms with Crippen LogP contribution in [-0.2, 0) is 32.7 Å². The van der Waals surface area contributed by atoms with Crippen LogP contribution in [0, 0.1) is 0 Å². The first-order chi connectivity index (χ1) is 17.6. The van der Waals surface area contributed by atoms with Crippen molar-refractivity contribution in [2.24, 2.45) is 0 Å². The first kappa shape index (κ1) is 35.0. The summed E-state index contributed by atoms with van der Waals surface area (Å²) in [5.41, 5.74) is 0. The second kappa shape index (κ2) is 22.0. The molecule has 0 fully saturated rings. The molecule has 0 aliphatic rings. The van der Waals surface area contributed by atoms with Gasteiger partial charge in [0.25, 0.3) is 0 Å². The zero-order valence-corrected chi connectivity index (χ0v) is 22.9. The van der Waals surface area contributed by atoms with Crippen molar-refractivity contribution >= 4 is 25.7 Å². The average Bonchev–Trinajstić information content (AvgIpc) is 2.84. The van der Waals surface area contributed by atoms with Crippen molar-refractivity contribution in [3.05, 3.63) is 24.3 Å². The summed E-state index contributed by atoms with van der Waals surface area (Å²) in [6, 6.07) is -1.54. The Bertz CT molecular complexity index is 756. The summed E-state index contributed by atoms with van der Waals surface area (Å²) < 4.78 is 25.9. The molecule has 1 amide bonds. The second-order valence-electron chi connectivity index (χ2n) is 8.62. The number of carboxylic acids is 1. The minimum absolute atomic E-state index is 0.208. The van der Waals surface area contributed by atoms with Gasteiger partial charge in [-0.05, 0) is 32.1 Å². The molecule has 0 saturated carbocycles. The number of nitrogens with one attached hydrogen (secondary N) is 1. The van der Waals surface area contributed by atoms with Gasteiger partial charge in [-0.15, -0.1) is 0 Å². The number of aliphatic hydroxyl groups excluding tert-OH is 1. The Balaban J connectivity index is 3.84. The highest BCUT2D eigenvalue weighted by molar-refractivity contribution is 7.47. The van der Waals surface area contributed by atoms with E-state index in [1.807, 2.05) is 5.32 Å². The lowest BCUT2D eigenvalue weighted by atomic mass is 10.1. The van der Waals surface area contributed by atoms with Crippen LogP contribution in [0.15, 0.2) is 24.3 Å². The molecule has 0 aliphatic heterocycles. The summed E-state index contributed by atoms with van der Waals surface area (Å²) in [5.74, 6) is -2.61. The molecule has 0 saturated heterocycles. The molecule has 0 radical (unpaired) electrons. The third kappa shape index (κ3) is 22.9. The van der Waals surface area contributed by atoms with E-state index in [9.17, 15) is 28.9 Å². The molecule has 0 bridgehead atoms. The number of carboxylic acid groups (broad SMARTS) is 1. The lowest BCUT2D eigenvalue weighted by Gasteiger charge is -2.18. The van der Waals surface area contributed by atoms with E-state index in [2.05, 4.69) is 40.3 Å². The number of hydrogen-bond donors (Lipinski definition) is 4. The molecule has 0 aromatic rings. The zero-order valence-electron chi connectivity index (χ0n) is 22.0. The van der Waals surface area contributed by atoms with Crippen LogP contribution in [0.2, 0.25) is 0 Å². The van der Waals surface area contributed by atoms with Crippen LogP contribution >= 0.6 is 7.82 Å². The van der Waals surface area contributed by atoms with Gasteiger partial charge in [-0.2, -0.15) is 0 Å². The van der Waals surface area contributed by atoms with E-state index in [0.717, 1.165) is 51.9 Å². The van der Waals surface area contributed by atoms with Crippen molar-refractivity contribution in [2.45, 2.75) is 96.6 Å². The molecule has 0 aromatic carbocycles. The van der Waals surface area contributed by atoms with Crippen LogP contribution in [0.3, 0.4) is 0 Å². The van der Waals surface area contributed by atoms with Gasteiger partial charge in [0.2, 0.25) is 5.91 Å². The Labute approximate surface area is 219 Å². The standard InChI is InChI=1S/C25H44NO10P/c1-3-4-5-6-7-8-9-10-11-12-13-14-15-16-17-24(29)34-18-22(28)19-35-37(32,33)36-20-23(25(30)31)26-21(2)27/h6-7,9-10,22-23,28H,3-5,8,11-20H2,1-2H3,(H,26,27)(H,30,31)(H,32,33)/b7-6-,10-9-. The van der Waals surface area contributed by atoms with Gasteiger partial charge in [0.15, 0.2) is 6.04 Å². The van der Waals surface area contributed by atoms with Gasteiger partial charge < -0.3 is 25.2 Å². The molecule has 0 rings (SSSR count). The summed E-state index contributed by atoms with van der Waals surface area (Å²) in [6.45, 7) is 1.34. The van der Waals surface area contributed by atoms with Crippen LogP contribution in [0.4, 0.5) is 0 Å². The smallest absolute Gasteiger partial charge is 0.472 e. The molecule has 0 spiro atoms. The Kier molecular flexibility index (Phi) is 20.8. The van der Waals surface area contributed by atoms with Crippen LogP contribution in [0.1, 0.15) is 84.5 Å². The molecular formula is C25H44NO10P. The normalized spacial score (nSPS) is 14.9. The van der Waals surface area contributed by atoms with Crippen molar-refractivity contribution in [1.82, 2.24) is 5.32 Å².